The molecule has 8 nitrogen and oxygen atoms in total. The lowest BCUT2D eigenvalue weighted by Crippen LogP contribution is -2.29. The number of hydrogen-bond donors (Lipinski definition) is 1. The zero-order valence-electron chi connectivity index (χ0n) is 20.6. The van der Waals surface area contributed by atoms with Gasteiger partial charge >= 0.3 is 0 Å². The molecule has 0 saturated carbocycles. The van der Waals surface area contributed by atoms with Crippen molar-refractivity contribution in [2.24, 2.45) is 0 Å². The molecule has 1 aliphatic heterocycles. The van der Waals surface area contributed by atoms with Crippen LogP contribution in [0.1, 0.15) is 40.1 Å². The third-order valence-electron chi connectivity index (χ3n) is 6.18. The van der Waals surface area contributed by atoms with E-state index in [2.05, 4.69) is 15.5 Å². The Hall–Kier alpha value is -4.24. The van der Waals surface area contributed by atoms with Crippen molar-refractivity contribution in [1.82, 2.24) is 14.8 Å². The lowest BCUT2D eigenvalue weighted by atomic mass is 10.1. The molecule has 9 heteroatoms. The summed E-state index contributed by atoms with van der Waals surface area (Å²) in [6.45, 7) is 6.43. The summed E-state index contributed by atoms with van der Waals surface area (Å²) in [7, 11) is 0. The van der Waals surface area contributed by atoms with Crippen molar-refractivity contribution < 1.29 is 14.4 Å². The molecule has 4 aromatic rings. The fourth-order valence-corrected chi connectivity index (χ4v) is 5.06. The molecule has 0 aliphatic carbocycles. The summed E-state index contributed by atoms with van der Waals surface area (Å²) >= 11 is 1.34. The highest BCUT2D eigenvalue weighted by Gasteiger charge is 2.36. The molecule has 0 bridgehead atoms. The largest absolute Gasteiger partial charge is 0.325 e. The van der Waals surface area contributed by atoms with Gasteiger partial charge in [0, 0.05) is 17.8 Å². The standard InChI is InChI=1S/C28H25N5O3S/c1-4-32-24(30-31-28(32)37-18(3)25(34)29-20-13-9-17(2)10-14-20)19-11-15-21(16-12-19)33-26(35)22-7-5-6-8-23(22)27(33)36/h5-16,18H,4H2,1-3H3,(H,29,34). The molecular formula is C28H25N5O3S. The van der Waals surface area contributed by atoms with Crippen LogP contribution in [0, 0.1) is 6.92 Å². The number of carbonyl (C=O) groups excluding carboxylic acids is 3. The number of benzene rings is 3. The summed E-state index contributed by atoms with van der Waals surface area (Å²) in [6.07, 6.45) is 0. The van der Waals surface area contributed by atoms with Crippen molar-refractivity contribution in [3.8, 4) is 11.4 Å². The van der Waals surface area contributed by atoms with E-state index in [0.29, 0.717) is 34.3 Å². The third kappa shape index (κ3) is 4.65. The minimum Gasteiger partial charge on any atom is -0.325 e. The van der Waals surface area contributed by atoms with Crippen LogP contribution in [0.2, 0.25) is 0 Å². The summed E-state index contributed by atoms with van der Waals surface area (Å²) in [5.74, 6) is -0.139. The van der Waals surface area contributed by atoms with E-state index >= 15 is 0 Å². The summed E-state index contributed by atoms with van der Waals surface area (Å²) in [4.78, 5) is 39.5. The molecule has 0 radical (unpaired) electrons. The molecule has 1 N–H and O–H groups in total. The Labute approximate surface area is 218 Å². The number of fused-ring (bicyclic) bond motifs is 1. The van der Waals surface area contributed by atoms with Crippen molar-refractivity contribution in [3.63, 3.8) is 0 Å². The molecule has 0 saturated heterocycles. The minimum absolute atomic E-state index is 0.119. The predicted octanol–water partition coefficient (Wildman–Crippen LogP) is 5.19. The van der Waals surface area contributed by atoms with E-state index in [0.717, 1.165) is 16.8 Å². The first-order valence-corrected chi connectivity index (χ1v) is 12.8. The van der Waals surface area contributed by atoms with Gasteiger partial charge in [0.1, 0.15) is 0 Å². The highest BCUT2D eigenvalue weighted by atomic mass is 32.2. The molecular weight excluding hydrogens is 486 g/mol. The number of aromatic nitrogens is 3. The van der Waals surface area contributed by atoms with Crippen molar-refractivity contribution in [2.45, 2.75) is 37.7 Å². The molecule has 186 valence electrons. The number of nitrogens with zero attached hydrogens (tertiary/aromatic N) is 4. The lowest BCUT2D eigenvalue weighted by Gasteiger charge is -2.15. The van der Waals surface area contributed by atoms with E-state index in [-0.39, 0.29) is 23.0 Å². The maximum Gasteiger partial charge on any atom is 0.266 e. The Kier molecular flexibility index (Phi) is 6.62. The fourth-order valence-electron chi connectivity index (χ4n) is 4.15. The molecule has 3 aromatic carbocycles. The highest BCUT2D eigenvalue weighted by molar-refractivity contribution is 8.00. The number of nitrogens with one attached hydrogen (secondary N) is 1. The third-order valence-corrected chi connectivity index (χ3v) is 7.26. The number of carbonyl (C=O) groups is 3. The number of thioether (sulfide) groups is 1. The zero-order valence-corrected chi connectivity index (χ0v) is 21.5. The van der Waals surface area contributed by atoms with E-state index in [1.54, 1.807) is 36.4 Å². The van der Waals surface area contributed by atoms with Crippen molar-refractivity contribution in [3.05, 3.63) is 89.5 Å². The summed E-state index contributed by atoms with van der Waals surface area (Å²) < 4.78 is 1.94. The Morgan fingerprint density at radius 3 is 2.14 bits per heavy atom. The number of anilines is 2. The Bertz CT molecular complexity index is 1460. The smallest absolute Gasteiger partial charge is 0.266 e. The van der Waals surface area contributed by atoms with Crippen LogP contribution >= 0.6 is 11.8 Å². The normalized spacial score (nSPS) is 13.5. The van der Waals surface area contributed by atoms with Gasteiger partial charge in [-0.05, 0) is 69.3 Å². The van der Waals surface area contributed by atoms with Gasteiger partial charge in [0.05, 0.1) is 22.1 Å². The van der Waals surface area contributed by atoms with Gasteiger partial charge in [-0.25, -0.2) is 4.90 Å². The molecule has 0 fully saturated rings. The van der Waals surface area contributed by atoms with E-state index in [1.165, 1.54) is 16.7 Å². The Balaban J connectivity index is 1.32. The maximum absolute atomic E-state index is 12.8. The number of amides is 3. The van der Waals surface area contributed by atoms with Gasteiger partial charge in [-0.1, -0.05) is 41.6 Å². The van der Waals surface area contributed by atoms with Crippen molar-refractivity contribution in [2.75, 3.05) is 10.2 Å². The Morgan fingerprint density at radius 1 is 0.919 bits per heavy atom. The van der Waals surface area contributed by atoms with Gasteiger partial charge in [0.25, 0.3) is 11.8 Å². The molecule has 5 rings (SSSR count). The lowest BCUT2D eigenvalue weighted by molar-refractivity contribution is -0.115. The minimum atomic E-state index is -0.389. The SMILES string of the molecule is CCn1c(SC(C)C(=O)Nc2ccc(C)cc2)nnc1-c1ccc(N2C(=O)c3ccccc3C2=O)cc1. The fraction of sp³-hybridized carbons (Fsp3) is 0.179. The molecule has 1 atom stereocenters. The van der Waals surface area contributed by atoms with Crippen LogP contribution in [0.3, 0.4) is 0 Å². The van der Waals surface area contributed by atoms with Gasteiger partial charge < -0.3 is 9.88 Å². The van der Waals surface area contributed by atoms with Crippen LogP contribution in [-0.2, 0) is 11.3 Å². The second kappa shape index (κ2) is 10.0. The van der Waals surface area contributed by atoms with Crippen LogP contribution in [0.15, 0.2) is 78.0 Å². The van der Waals surface area contributed by atoms with Crippen LogP contribution in [0.25, 0.3) is 11.4 Å². The summed E-state index contributed by atoms with van der Waals surface area (Å²) in [5, 5.41) is 11.9. The first kappa shape index (κ1) is 24.5. The first-order chi connectivity index (χ1) is 17.9. The van der Waals surface area contributed by atoms with Gasteiger partial charge in [-0.15, -0.1) is 10.2 Å². The number of rotatable bonds is 7. The topological polar surface area (TPSA) is 97.2 Å². The van der Waals surface area contributed by atoms with E-state index in [4.69, 9.17) is 0 Å². The van der Waals surface area contributed by atoms with Gasteiger partial charge in [-0.3, -0.25) is 14.4 Å². The molecule has 2 heterocycles. The highest BCUT2D eigenvalue weighted by Crippen LogP contribution is 2.31. The zero-order chi connectivity index (χ0) is 26.1. The van der Waals surface area contributed by atoms with E-state index in [9.17, 15) is 14.4 Å². The summed E-state index contributed by atoms with van der Waals surface area (Å²) in [6, 6.07) is 21.6. The molecule has 37 heavy (non-hydrogen) atoms. The average molecular weight is 512 g/mol. The average Bonchev–Trinajstić information content (AvgIpc) is 3.43. The van der Waals surface area contributed by atoms with Crippen molar-refractivity contribution >= 4 is 40.9 Å². The molecule has 1 unspecified atom stereocenters. The first-order valence-electron chi connectivity index (χ1n) is 11.9. The Morgan fingerprint density at radius 2 is 1.54 bits per heavy atom. The number of aryl methyl sites for hydroxylation is 1. The van der Waals surface area contributed by atoms with Crippen LogP contribution in [-0.4, -0.2) is 37.7 Å². The predicted molar refractivity (Wildman–Crippen MR) is 144 cm³/mol. The molecule has 3 amide bonds. The van der Waals surface area contributed by atoms with Gasteiger partial charge in [0.2, 0.25) is 5.91 Å². The molecule has 1 aromatic heterocycles. The number of imide groups is 1. The van der Waals surface area contributed by atoms with Crippen LogP contribution in [0.5, 0.6) is 0 Å². The van der Waals surface area contributed by atoms with Gasteiger partial charge in [-0.2, -0.15) is 0 Å². The van der Waals surface area contributed by atoms with Gasteiger partial charge in [0.15, 0.2) is 11.0 Å². The van der Waals surface area contributed by atoms with E-state index < -0.39 is 0 Å². The van der Waals surface area contributed by atoms with Crippen molar-refractivity contribution in [1.29, 1.82) is 0 Å². The number of hydrogen-bond acceptors (Lipinski definition) is 6. The second-order valence-electron chi connectivity index (χ2n) is 8.70. The monoisotopic (exact) mass is 511 g/mol. The van der Waals surface area contributed by atoms with Crippen LogP contribution < -0.4 is 10.2 Å². The summed E-state index contributed by atoms with van der Waals surface area (Å²) in [5.41, 5.74) is 3.97. The second-order valence-corrected chi connectivity index (χ2v) is 10.0. The maximum atomic E-state index is 12.8. The quantitative estimate of drug-likeness (QED) is 0.271. The molecule has 0 spiro atoms. The molecule has 1 aliphatic rings. The van der Waals surface area contributed by atoms with Crippen LogP contribution in [0.4, 0.5) is 11.4 Å². The van der Waals surface area contributed by atoms with E-state index in [1.807, 2.05) is 61.7 Å².